The molecule has 116 valence electrons. The quantitative estimate of drug-likeness (QED) is 0.562. The normalized spacial score (nSPS) is 12.8. The van der Waals surface area contributed by atoms with Crippen molar-refractivity contribution in [3.63, 3.8) is 0 Å². The second kappa shape index (κ2) is 9.66. The second-order valence-electron chi connectivity index (χ2n) is 4.94. The molecule has 0 saturated carbocycles. The third-order valence-corrected chi connectivity index (χ3v) is 3.56. The zero-order valence-corrected chi connectivity index (χ0v) is 13.3. The number of rotatable bonds is 11. The molecule has 0 unspecified atom stereocenters. The third-order valence-electron chi connectivity index (χ3n) is 2.86. The van der Waals surface area contributed by atoms with Gasteiger partial charge in [0.25, 0.3) is 10.1 Å². The number of ether oxygens (including phenoxy) is 1. The van der Waals surface area contributed by atoms with Gasteiger partial charge in [0.15, 0.2) is 0 Å². The Morgan fingerprint density at radius 1 is 1.16 bits per heavy atom. The van der Waals surface area contributed by atoms with Crippen LogP contribution in [0.2, 0.25) is 0 Å². The van der Waals surface area contributed by atoms with E-state index in [-0.39, 0.29) is 11.9 Å². The first-order valence-corrected chi connectivity index (χ1v) is 8.33. The average molecular weight is 296 g/mol. The van der Waals surface area contributed by atoms with Gasteiger partial charge in [0.2, 0.25) is 0 Å². The lowest BCUT2D eigenvalue weighted by atomic mass is 10.4. The Bertz CT molecular complexity index is 320. The fourth-order valence-corrected chi connectivity index (χ4v) is 1.96. The SMILES string of the molecule is CCN(C)CCN(CCOC(C)C)CCS(=O)(=O)O. The molecular weight excluding hydrogens is 268 g/mol. The fraction of sp³-hybridized carbons (Fsp3) is 1.00. The van der Waals surface area contributed by atoms with Gasteiger partial charge in [0.1, 0.15) is 0 Å². The monoisotopic (exact) mass is 296 g/mol. The Balaban J connectivity index is 4.13. The van der Waals surface area contributed by atoms with Gasteiger partial charge in [-0.3, -0.25) is 9.45 Å². The summed E-state index contributed by atoms with van der Waals surface area (Å²) in [6.07, 6.45) is 0.168. The van der Waals surface area contributed by atoms with Crippen LogP contribution in [-0.4, -0.2) is 81.0 Å². The molecule has 19 heavy (non-hydrogen) atoms. The first-order valence-electron chi connectivity index (χ1n) is 6.72. The molecule has 6 nitrogen and oxygen atoms in total. The molecule has 0 aliphatic heterocycles. The van der Waals surface area contributed by atoms with Crippen molar-refractivity contribution in [1.29, 1.82) is 0 Å². The number of hydrogen-bond acceptors (Lipinski definition) is 5. The molecule has 0 aromatic rings. The number of nitrogens with zero attached hydrogens (tertiary/aromatic N) is 2. The standard InChI is InChI=1S/C12H28N2O4S/c1-5-13(4)6-7-14(8-10-18-12(2)3)9-11-19(15,16)17/h12H,5-11H2,1-4H3,(H,15,16,17). The first kappa shape index (κ1) is 18.8. The molecule has 0 spiro atoms. The smallest absolute Gasteiger partial charge is 0.266 e. The Hall–Kier alpha value is -0.210. The van der Waals surface area contributed by atoms with Crippen molar-refractivity contribution < 1.29 is 17.7 Å². The molecular formula is C12H28N2O4S. The van der Waals surface area contributed by atoms with Crippen LogP contribution in [0.15, 0.2) is 0 Å². The average Bonchev–Trinajstić information content (AvgIpc) is 2.29. The van der Waals surface area contributed by atoms with Gasteiger partial charge < -0.3 is 9.64 Å². The van der Waals surface area contributed by atoms with Crippen LogP contribution in [0.5, 0.6) is 0 Å². The second-order valence-corrected chi connectivity index (χ2v) is 6.52. The van der Waals surface area contributed by atoms with E-state index in [4.69, 9.17) is 9.29 Å². The summed E-state index contributed by atoms with van der Waals surface area (Å²) >= 11 is 0. The van der Waals surface area contributed by atoms with E-state index in [2.05, 4.69) is 11.8 Å². The van der Waals surface area contributed by atoms with E-state index < -0.39 is 10.1 Å². The van der Waals surface area contributed by atoms with Gasteiger partial charge in [-0.05, 0) is 27.4 Å². The zero-order chi connectivity index (χ0) is 14.9. The predicted molar refractivity (Wildman–Crippen MR) is 77.1 cm³/mol. The molecule has 0 saturated heterocycles. The van der Waals surface area contributed by atoms with Crippen LogP contribution in [0, 0.1) is 0 Å². The van der Waals surface area contributed by atoms with Gasteiger partial charge in [-0.25, -0.2) is 0 Å². The minimum Gasteiger partial charge on any atom is -0.377 e. The summed E-state index contributed by atoms with van der Waals surface area (Å²) in [4.78, 5) is 4.16. The van der Waals surface area contributed by atoms with Crippen LogP contribution in [0.4, 0.5) is 0 Å². The van der Waals surface area contributed by atoms with E-state index in [0.717, 1.165) is 19.6 Å². The largest absolute Gasteiger partial charge is 0.377 e. The minimum atomic E-state index is -3.90. The molecule has 0 rings (SSSR count). The first-order chi connectivity index (χ1) is 8.74. The highest BCUT2D eigenvalue weighted by Crippen LogP contribution is 1.95. The molecule has 7 heteroatoms. The van der Waals surface area contributed by atoms with Gasteiger partial charge in [-0.2, -0.15) is 8.42 Å². The Morgan fingerprint density at radius 2 is 1.79 bits per heavy atom. The van der Waals surface area contributed by atoms with Crippen molar-refractivity contribution in [3.8, 4) is 0 Å². The molecule has 0 radical (unpaired) electrons. The summed E-state index contributed by atoms with van der Waals surface area (Å²) in [6.45, 7) is 10.2. The van der Waals surface area contributed by atoms with E-state index in [9.17, 15) is 8.42 Å². The number of hydrogen-bond donors (Lipinski definition) is 1. The minimum absolute atomic E-state index is 0.168. The fourth-order valence-electron chi connectivity index (χ4n) is 1.47. The van der Waals surface area contributed by atoms with Crippen LogP contribution in [-0.2, 0) is 14.9 Å². The maximum absolute atomic E-state index is 10.8. The van der Waals surface area contributed by atoms with Gasteiger partial charge in [-0.15, -0.1) is 0 Å². The molecule has 0 amide bonds. The topological polar surface area (TPSA) is 70.1 Å². The Labute approximate surface area is 117 Å². The van der Waals surface area contributed by atoms with Gasteiger partial charge >= 0.3 is 0 Å². The summed E-state index contributed by atoms with van der Waals surface area (Å²) in [6, 6.07) is 0. The van der Waals surface area contributed by atoms with E-state index >= 15 is 0 Å². The van der Waals surface area contributed by atoms with Crippen LogP contribution in [0.3, 0.4) is 0 Å². The molecule has 0 aliphatic carbocycles. The molecule has 0 fully saturated rings. The van der Waals surface area contributed by atoms with Gasteiger partial charge in [-0.1, -0.05) is 6.92 Å². The molecule has 0 heterocycles. The zero-order valence-electron chi connectivity index (χ0n) is 12.5. The highest BCUT2D eigenvalue weighted by molar-refractivity contribution is 7.85. The van der Waals surface area contributed by atoms with Crippen LogP contribution < -0.4 is 0 Å². The summed E-state index contributed by atoms with van der Waals surface area (Å²) in [5, 5.41) is 0. The van der Waals surface area contributed by atoms with Gasteiger partial charge in [0, 0.05) is 26.2 Å². The predicted octanol–water partition coefficient (Wildman–Crippen LogP) is 0.553. The van der Waals surface area contributed by atoms with Crippen LogP contribution in [0.1, 0.15) is 20.8 Å². The molecule has 0 aromatic carbocycles. The van der Waals surface area contributed by atoms with Crippen molar-refractivity contribution in [2.75, 3.05) is 52.1 Å². The third kappa shape index (κ3) is 12.6. The molecule has 0 atom stereocenters. The molecule has 0 aromatic heterocycles. The molecule has 0 aliphatic rings. The highest BCUT2D eigenvalue weighted by atomic mass is 32.2. The van der Waals surface area contributed by atoms with Crippen molar-refractivity contribution in [3.05, 3.63) is 0 Å². The van der Waals surface area contributed by atoms with E-state index in [1.165, 1.54) is 0 Å². The van der Waals surface area contributed by atoms with Crippen molar-refractivity contribution in [1.82, 2.24) is 9.80 Å². The Kier molecular flexibility index (Phi) is 9.55. The van der Waals surface area contributed by atoms with E-state index in [1.807, 2.05) is 25.8 Å². The van der Waals surface area contributed by atoms with Crippen molar-refractivity contribution in [2.45, 2.75) is 26.9 Å². The van der Waals surface area contributed by atoms with Crippen LogP contribution in [0.25, 0.3) is 0 Å². The lowest BCUT2D eigenvalue weighted by molar-refractivity contribution is 0.0585. The highest BCUT2D eigenvalue weighted by Gasteiger charge is 2.11. The molecule has 0 bridgehead atoms. The maximum Gasteiger partial charge on any atom is 0.266 e. The van der Waals surface area contributed by atoms with Gasteiger partial charge in [0.05, 0.1) is 18.5 Å². The molecule has 1 N–H and O–H groups in total. The summed E-state index contributed by atoms with van der Waals surface area (Å²) < 4.78 is 35.9. The number of likely N-dealkylation sites (N-methyl/N-ethyl adjacent to an activating group) is 1. The lowest BCUT2D eigenvalue weighted by Crippen LogP contribution is -2.38. The van der Waals surface area contributed by atoms with Crippen LogP contribution >= 0.6 is 0 Å². The maximum atomic E-state index is 10.8. The Morgan fingerprint density at radius 3 is 2.26 bits per heavy atom. The summed E-state index contributed by atoms with van der Waals surface area (Å²) in [5.41, 5.74) is 0. The summed E-state index contributed by atoms with van der Waals surface area (Å²) in [5.74, 6) is -0.232. The lowest BCUT2D eigenvalue weighted by Gasteiger charge is -2.24. The van der Waals surface area contributed by atoms with E-state index in [0.29, 0.717) is 19.7 Å². The summed E-state index contributed by atoms with van der Waals surface area (Å²) in [7, 11) is -1.88. The van der Waals surface area contributed by atoms with E-state index in [1.54, 1.807) is 0 Å². The van der Waals surface area contributed by atoms with Crippen molar-refractivity contribution >= 4 is 10.1 Å². The van der Waals surface area contributed by atoms with Crippen molar-refractivity contribution in [2.24, 2.45) is 0 Å².